The van der Waals surface area contributed by atoms with Crippen LogP contribution in [0.2, 0.25) is 0 Å². The van der Waals surface area contributed by atoms with Crippen LogP contribution in [-0.4, -0.2) is 35.1 Å². The number of carbonyl (C=O) groups is 2. The fourth-order valence-electron chi connectivity index (χ4n) is 2.39. The minimum Gasteiger partial charge on any atom is -0.481 e. The highest BCUT2D eigenvalue weighted by Crippen LogP contribution is 2.24. The molecule has 1 aliphatic heterocycles. The van der Waals surface area contributed by atoms with Gasteiger partial charge < -0.3 is 15.3 Å². The van der Waals surface area contributed by atoms with E-state index >= 15 is 0 Å². The number of benzene rings is 1. The number of nitrogens with one attached hydrogen (secondary N) is 1. The van der Waals surface area contributed by atoms with Crippen molar-refractivity contribution in [2.75, 3.05) is 18.4 Å². The fraction of sp³-hybridized carbons (Fsp3) is 0.467. The van der Waals surface area contributed by atoms with Gasteiger partial charge in [-0.1, -0.05) is 32.0 Å². The van der Waals surface area contributed by atoms with Crippen molar-refractivity contribution >= 4 is 17.7 Å². The zero-order chi connectivity index (χ0) is 14.7. The van der Waals surface area contributed by atoms with Crippen LogP contribution in [0.4, 0.5) is 10.5 Å². The van der Waals surface area contributed by atoms with Gasteiger partial charge in [0.1, 0.15) is 0 Å². The van der Waals surface area contributed by atoms with E-state index in [-0.39, 0.29) is 19.1 Å². The molecule has 1 heterocycles. The lowest BCUT2D eigenvalue weighted by molar-refractivity contribution is -0.145. The standard InChI is InChI=1S/C15H20N2O3/c1-3-10-6-5-7-11(4-2)13(10)16-15(20)17-8-12(9-17)14(18)19/h5-7,12H,3-4,8-9H2,1-2H3,(H,16,20)(H,18,19). The summed E-state index contributed by atoms with van der Waals surface area (Å²) >= 11 is 0. The highest BCUT2D eigenvalue weighted by molar-refractivity contribution is 5.92. The van der Waals surface area contributed by atoms with Crippen molar-refractivity contribution in [2.24, 2.45) is 5.92 Å². The molecule has 5 nitrogen and oxygen atoms in total. The molecular weight excluding hydrogens is 256 g/mol. The first-order chi connectivity index (χ1) is 9.56. The molecular formula is C15H20N2O3. The number of carboxylic acids is 1. The third-order valence-corrected chi connectivity index (χ3v) is 3.75. The molecule has 0 atom stereocenters. The minimum absolute atomic E-state index is 0.210. The molecule has 0 aliphatic carbocycles. The number of hydrogen-bond donors (Lipinski definition) is 2. The summed E-state index contributed by atoms with van der Waals surface area (Å²) in [7, 11) is 0. The largest absolute Gasteiger partial charge is 0.481 e. The van der Waals surface area contributed by atoms with Gasteiger partial charge in [-0.2, -0.15) is 0 Å². The number of anilines is 1. The van der Waals surface area contributed by atoms with Gasteiger partial charge in [0.25, 0.3) is 0 Å². The maximum atomic E-state index is 12.1. The van der Waals surface area contributed by atoms with E-state index in [2.05, 4.69) is 19.2 Å². The first kappa shape index (κ1) is 14.4. The van der Waals surface area contributed by atoms with Crippen LogP contribution in [0, 0.1) is 5.92 Å². The van der Waals surface area contributed by atoms with Crippen molar-refractivity contribution in [1.29, 1.82) is 0 Å². The average molecular weight is 276 g/mol. The Hall–Kier alpha value is -2.04. The lowest BCUT2D eigenvalue weighted by Crippen LogP contribution is -2.54. The van der Waals surface area contributed by atoms with E-state index in [1.54, 1.807) is 0 Å². The summed E-state index contributed by atoms with van der Waals surface area (Å²) in [5.74, 6) is -1.26. The maximum Gasteiger partial charge on any atom is 0.321 e. The van der Waals surface area contributed by atoms with E-state index in [0.717, 1.165) is 29.7 Å². The Morgan fingerprint density at radius 2 is 1.80 bits per heavy atom. The Balaban J connectivity index is 2.07. The van der Waals surface area contributed by atoms with Crippen molar-refractivity contribution in [1.82, 2.24) is 4.90 Å². The van der Waals surface area contributed by atoms with Crippen LogP contribution >= 0.6 is 0 Å². The third-order valence-electron chi connectivity index (χ3n) is 3.75. The summed E-state index contributed by atoms with van der Waals surface area (Å²) < 4.78 is 0. The normalized spacial score (nSPS) is 14.8. The van der Waals surface area contributed by atoms with Gasteiger partial charge in [-0.15, -0.1) is 0 Å². The number of para-hydroxylation sites is 1. The molecule has 2 N–H and O–H groups in total. The first-order valence-electron chi connectivity index (χ1n) is 6.96. The molecule has 1 fully saturated rings. The van der Waals surface area contributed by atoms with Crippen LogP contribution in [0.3, 0.4) is 0 Å². The zero-order valence-electron chi connectivity index (χ0n) is 11.8. The number of carboxylic acid groups (broad SMARTS) is 1. The van der Waals surface area contributed by atoms with E-state index in [1.807, 2.05) is 18.2 Å². The second-order valence-electron chi connectivity index (χ2n) is 5.03. The summed E-state index contributed by atoms with van der Waals surface area (Å²) in [4.78, 5) is 24.4. The molecule has 0 saturated carbocycles. The zero-order valence-corrected chi connectivity index (χ0v) is 11.8. The molecule has 1 aliphatic rings. The first-order valence-corrected chi connectivity index (χ1v) is 6.96. The van der Waals surface area contributed by atoms with Crippen LogP contribution in [0.1, 0.15) is 25.0 Å². The Kier molecular flexibility index (Phi) is 4.27. The van der Waals surface area contributed by atoms with Crippen molar-refractivity contribution in [3.8, 4) is 0 Å². The average Bonchev–Trinajstić information content (AvgIpc) is 2.36. The predicted octanol–water partition coefficient (Wildman–Crippen LogP) is 2.36. The monoisotopic (exact) mass is 276 g/mol. The molecule has 0 unspecified atom stereocenters. The smallest absolute Gasteiger partial charge is 0.321 e. The van der Waals surface area contributed by atoms with Gasteiger partial charge in [0.2, 0.25) is 0 Å². The van der Waals surface area contributed by atoms with Gasteiger partial charge in [0, 0.05) is 18.8 Å². The minimum atomic E-state index is -0.836. The summed E-state index contributed by atoms with van der Waals surface area (Å²) in [6.07, 6.45) is 1.70. The number of aliphatic carboxylic acids is 1. The summed E-state index contributed by atoms with van der Waals surface area (Å²) in [5, 5.41) is 11.8. The van der Waals surface area contributed by atoms with E-state index in [0.29, 0.717) is 0 Å². The molecule has 0 radical (unpaired) electrons. The van der Waals surface area contributed by atoms with Crippen LogP contribution in [0.15, 0.2) is 18.2 Å². The van der Waals surface area contributed by atoms with Crippen LogP contribution < -0.4 is 5.32 Å². The number of hydrogen-bond acceptors (Lipinski definition) is 2. The Morgan fingerprint density at radius 3 is 2.25 bits per heavy atom. The Bertz CT molecular complexity index is 500. The van der Waals surface area contributed by atoms with Crippen molar-refractivity contribution < 1.29 is 14.7 Å². The highest BCUT2D eigenvalue weighted by atomic mass is 16.4. The lowest BCUT2D eigenvalue weighted by Gasteiger charge is -2.36. The van der Waals surface area contributed by atoms with Crippen LogP contribution in [0.25, 0.3) is 0 Å². The molecule has 108 valence electrons. The fourth-order valence-corrected chi connectivity index (χ4v) is 2.39. The van der Waals surface area contributed by atoms with Crippen molar-refractivity contribution in [3.05, 3.63) is 29.3 Å². The number of nitrogens with zero attached hydrogens (tertiary/aromatic N) is 1. The molecule has 5 heteroatoms. The molecule has 1 aromatic carbocycles. The number of amides is 2. The van der Waals surface area contributed by atoms with Gasteiger partial charge in [0.15, 0.2) is 0 Å². The Morgan fingerprint density at radius 1 is 1.25 bits per heavy atom. The number of carbonyl (C=O) groups excluding carboxylic acids is 1. The van der Waals surface area contributed by atoms with Crippen LogP contribution in [0.5, 0.6) is 0 Å². The molecule has 1 aromatic rings. The summed E-state index contributed by atoms with van der Waals surface area (Å²) in [6.45, 7) is 4.68. The summed E-state index contributed by atoms with van der Waals surface area (Å²) in [5.41, 5.74) is 3.09. The van der Waals surface area contributed by atoms with E-state index in [9.17, 15) is 9.59 Å². The van der Waals surface area contributed by atoms with Crippen molar-refractivity contribution in [2.45, 2.75) is 26.7 Å². The molecule has 0 aromatic heterocycles. The van der Waals surface area contributed by atoms with Gasteiger partial charge >= 0.3 is 12.0 Å². The van der Waals surface area contributed by atoms with Crippen LogP contribution in [-0.2, 0) is 17.6 Å². The number of urea groups is 1. The van der Waals surface area contributed by atoms with E-state index in [4.69, 9.17) is 5.11 Å². The molecule has 0 bridgehead atoms. The SMILES string of the molecule is CCc1cccc(CC)c1NC(=O)N1CC(C(=O)O)C1. The van der Waals surface area contributed by atoms with E-state index in [1.165, 1.54) is 4.90 Å². The van der Waals surface area contributed by atoms with Crippen molar-refractivity contribution in [3.63, 3.8) is 0 Å². The number of aryl methyl sites for hydroxylation is 2. The highest BCUT2D eigenvalue weighted by Gasteiger charge is 2.35. The quantitative estimate of drug-likeness (QED) is 0.887. The molecule has 2 rings (SSSR count). The molecule has 0 spiro atoms. The molecule has 1 saturated heterocycles. The number of likely N-dealkylation sites (tertiary alicyclic amines) is 1. The number of rotatable bonds is 4. The van der Waals surface area contributed by atoms with Gasteiger partial charge in [-0.25, -0.2) is 4.79 Å². The second-order valence-corrected chi connectivity index (χ2v) is 5.03. The Labute approximate surface area is 118 Å². The van der Waals surface area contributed by atoms with Gasteiger partial charge in [-0.3, -0.25) is 4.79 Å². The molecule has 2 amide bonds. The summed E-state index contributed by atoms with van der Waals surface area (Å²) in [6, 6.07) is 5.80. The lowest BCUT2D eigenvalue weighted by atomic mass is 10.0. The maximum absolute atomic E-state index is 12.1. The van der Waals surface area contributed by atoms with Gasteiger partial charge in [0.05, 0.1) is 5.92 Å². The second kappa shape index (κ2) is 5.94. The van der Waals surface area contributed by atoms with E-state index < -0.39 is 11.9 Å². The van der Waals surface area contributed by atoms with Gasteiger partial charge in [-0.05, 0) is 24.0 Å². The topological polar surface area (TPSA) is 69.6 Å². The third kappa shape index (κ3) is 2.76. The predicted molar refractivity (Wildman–Crippen MR) is 76.9 cm³/mol. The molecule has 20 heavy (non-hydrogen) atoms.